The number of benzene rings is 1. The third-order valence-corrected chi connectivity index (χ3v) is 2.90. The summed E-state index contributed by atoms with van der Waals surface area (Å²) in [5, 5.41) is 13.8. The largest absolute Gasteiger partial charge is 0.498 e. The Labute approximate surface area is 124 Å². The van der Waals surface area contributed by atoms with E-state index >= 15 is 0 Å². The van der Waals surface area contributed by atoms with Crippen LogP contribution in [0, 0.1) is 0 Å². The van der Waals surface area contributed by atoms with Gasteiger partial charge in [-0.05, 0) is 22.6 Å². The van der Waals surface area contributed by atoms with E-state index in [2.05, 4.69) is 27.2 Å². The highest BCUT2D eigenvalue weighted by atomic mass is 16.5. The Morgan fingerprint density at radius 2 is 2.27 bits per heavy atom. The van der Waals surface area contributed by atoms with E-state index in [0.29, 0.717) is 29.9 Å². The van der Waals surface area contributed by atoms with E-state index in [0.717, 1.165) is 0 Å². The molecule has 0 fully saturated rings. The molecule has 1 aromatic carbocycles. The first-order chi connectivity index (χ1) is 10.8. The van der Waals surface area contributed by atoms with Crippen LogP contribution in [0.1, 0.15) is 0 Å². The Balaban J connectivity index is 1.97. The fourth-order valence-corrected chi connectivity index (χ4v) is 1.95. The Bertz CT molecular complexity index is 842. The minimum absolute atomic E-state index is 0.251. The molecule has 112 valence electrons. The molecule has 22 heavy (non-hydrogen) atoms. The number of hydrogen-bond acceptors (Lipinski definition) is 7. The van der Waals surface area contributed by atoms with Gasteiger partial charge in [-0.1, -0.05) is 18.7 Å². The molecular weight excluding hydrogens is 288 g/mol. The summed E-state index contributed by atoms with van der Waals surface area (Å²) in [7, 11) is 0. The van der Waals surface area contributed by atoms with Gasteiger partial charge in [0.2, 0.25) is 0 Å². The maximum Gasteiger partial charge on any atom is 0.347 e. The number of rotatable bonds is 6. The van der Waals surface area contributed by atoms with Crippen LogP contribution < -0.4 is 10.4 Å². The number of nitrogens with zero attached hydrogens (tertiary/aromatic N) is 3. The molecule has 0 saturated heterocycles. The summed E-state index contributed by atoms with van der Waals surface area (Å²) in [6.07, 6.45) is 1.34. The van der Waals surface area contributed by atoms with E-state index in [4.69, 9.17) is 13.9 Å². The van der Waals surface area contributed by atoms with Gasteiger partial charge < -0.3 is 13.9 Å². The third kappa shape index (κ3) is 2.66. The van der Waals surface area contributed by atoms with Gasteiger partial charge in [-0.2, -0.15) is 0 Å². The second kappa shape index (κ2) is 6.08. The molecule has 3 rings (SSSR count). The molecule has 3 aromatic rings. The minimum atomic E-state index is -0.551. The van der Waals surface area contributed by atoms with Crippen LogP contribution in [0.3, 0.4) is 0 Å². The molecule has 0 aliphatic rings. The molecule has 0 saturated carbocycles. The number of aromatic amines is 1. The average Bonchev–Trinajstić information content (AvgIpc) is 3.05. The monoisotopic (exact) mass is 300 g/mol. The van der Waals surface area contributed by atoms with Crippen molar-refractivity contribution in [3.8, 4) is 17.1 Å². The summed E-state index contributed by atoms with van der Waals surface area (Å²) in [5.41, 5.74) is 0.0661. The van der Waals surface area contributed by atoms with Gasteiger partial charge in [-0.15, -0.1) is 5.10 Å². The standard InChI is InChI=1S/C14H12N4O4/c1-2-20-6-7-21-11-5-3-4-9-8-10(13-15-17-18-16-13)14(19)22-12(9)11/h2-5,8H,1,6-7H2,(H,15,16,17,18). The van der Waals surface area contributed by atoms with Gasteiger partial charge in [0.15, 0.2) is 17.2 Å². The zero-order valence-electron chi connectivity index (χ0n) is 11.5. The third-order valence-electron chi connectivity index (χ3n) is 2.90. The first-order valence-corrected chi connectivity index (χ1v) is 6.46. The van der Waals surface area contributed by atoms with Crippen LogP contribution in [-0.2, 0) is 4.74 Å². The molecule has 0 unspecified atom stereocenters. The normalized spacial score (nSPS) is 10.5. The lowest BCUT2D eigenvalue weighted by Crippen LogP contribution is -2.07. The SMILES string of the molecule is C=COCCOc1cccc2cc(-c3nnn[nH]3)c(=O)oc12. The van der Waals surface area contributed by atoms with Gasteiger partial charge >= 0.3 is 5.63 Å². The molecule has 8 nitrogen and oxygen atoms in total. The Morgan fingerprint density at radius 1 is 1.36 bits per heavy atom. The molecule has 2 aromatic heterocycles. The summed E-state index contributed by atoms with van der Waals surface area (Å²) in [6, 6.07) is 6.97. The molecule has 0 aliphatic carbocycles. The van der Waals surface area contributed by atoms with Crippen LogP contribution in [-0.4, -0.2) is 33.8 Å². The smallest absolute Gasteiger partial charge is 0.347 e. The molecule has 0 aliphatic heterocycles. The molecule has 0 amide bonds. The predicted molar refractivity (Wildman–Crippen MR) is 77.3 cm³/mol. The minimum Gasteiger partial charge on any atom is -0.498 e. The van der Waals surface area contributed by atoms with E-state index in [1.807, 2.05) is 0 Å². The van der Waals surface area contributed by atoms with Crippen LogP contribution >= 0.6 is 0 Å². The zero-order chi connectivity index (χ0) is 15.4. The second-order valence-electron chi connectivity index (χ2n) is 4.26. The molecule has 2 heterocycles. The van der Waals surface area contributed by atoms with Crippen molar-refractivity contribution in [3.63, 3.8) is 0 Å². The summed E-state index contributed by atoms with van der Waals surface area (Å²) < 4.78 is 15.9. The number of ether oxygens (including phenoxy) is 2. The number of H-pyrrole nitrogens is 1. The van der Waals surface area contributed by atoms with Crippen LogP contribution in [0.5, 0.6) is 5.75 Å². The Morgan fingerprint density at radius 3 is 3.05 bits per heavy atom. The maximum atomic E-state index is 12.1. The second-order valence-corrected chi connectivity index (χ2v) is 4.26. The highest BCUT2D eigenvalue weighted by Crippen LogP contribution is 2.26. The van der Waals surface area contributed by atoms with Crippen molar-refractivity contribution in [3.05, 3.63) is 47.5 Å². The highest BCUT2D eigenvalue weighted by Gasteiger charge is 2.13. The van der Waals surface area contributed by atoms with Crippen LogP contribution in [0.25, 0.3) is 22.4 Å². The van der Waals surface area contributed by atoms with E-state index in [1.54, 1.807) is 24.3 Å². The number of tetrazole rings is 1. The lowest BCUT2D eigenvalue weighted by molar-refractivity contribution is 0.179. The van der Waals surface area contributed by atoms with E-state index in [1.165, 1.54) is 6.26 Å². The summed E-state index contributed by atoms with van der Waals surface area (Å²) in [5.74, 6) is 0.714. The number of fused-ring (bicyclic) bond motifs is 1. The Kier molecular flexibility index (Phi) is 3.82. The number of nitrogens with one attached hydrogen (secondary N) is 1. The first kappa shape index (κ1) is 13.8. The van der Waals surface area contributed by atoms with Crippen molar-refractivity contribution in [1.82, 2.24) is 20.6 Å². The van der Waals surface area contributed by atoms with Crippen molar-refractivity contribution in [2.24, 2.45) is 0 Å². The van der Waals surface area contributed by atoms with E-state index in [-0.39, 0.29) is 11.4 Å². The maximum absolute atomic E-state index is 12.1. The van der Waals surface area contributed by atoms with Crippen molar-refractivity contribution in [1.29, 1.82) is 0 Å². The van der Waals surface area contributed by atoms with Crippen LogP contribution in [0.15, 0.2) is 46.3 Å². The van der Waals surface area contributed by atoms with Crippen LogP contribution in [0.4, 0.5) is 0 Å². The Hall–Kier alpha value is -3.16. The van der Waals surface area contributed by atoms with Gasteiger partial charge in [0.25, 0.3) is 0 Å². The first-order valence-electron chi connectivity index (χ1n) is 6.46. The average molecular weight is 300 g/mol. The molecular formula is C14H12N4O4. The topological polar surface area (TPSA) is 103 Å². The van der Waals surface area contributed by atoms with Crippen molar-refractivity contribution in [2.45, 2.75) is 0 Å². The lowest BCUT2D eigenvalue weighted by Gasteiger charge is -2.08. The molecule has 1 N–H and O–H groups in total. The van der Waals surface area contributed by atoms with Gasteiger partial charge in [-0.25, -0.2) is 9.89 Å². The molecule has 0 spiro atoms. The van der Waals surface area contributed by atoms with Gasteiger partial charge in [0.1, 0.15) is 18.8 Å². The van der Waals surface area contributed by atoms with Gasteiger partial charge in [-0.3, -0.25) is 0 Å². The quantitative estimate of drug-likeness (QED) is 0.418. The molecule has 0 atom stereocenters. The van der Waals surface area contributed by atoms with E-state index in [9.17, 15) is 4.79 Å². The number of hydrogen-bond donors (Lipinski definition) is 1. The highest BCUT2D eigenvalue weighted by molar-refractivity contribution is 5.85. The summed E-state index contributed by atoms with van der Waals surface area (Å²) in [4.78, 5) is 12.1. The number of para-hydroxylation sites is 1. The zero-order valence-corrected chi connectivity index (χ0v) is 11.5. The fourth-order valence-electron chi connectivity index (χ4n) is 1.95. The molecule has 8 heteroatoms. The van der Waals surface area contributed by atoms with Crippen LogP contribution in [0.2, 0.25) is 0 Å². The van der Waals surface area contributed by atoms with Gasteiger partial charge in [0.05, 0.1) is 6.26 Å². The predicted octanol–water partition coefficient (Wildman–Crippen LogP) is 1.51. The van der Waals surface area contributed by atoms with Crippen molar-refractivity contribution >= 4 is 11.0 Å². The summed E-state index contributed by atoms with van der Waals surface area (Å²) in [6.45, 7) is 4.11. The van der Waals surface area contributed by atoms with Gasteiger partial charge in [0, 0.05) is 5.39 Å². The number of aromatic nitrogens is 4. The van der Waals surface area contributed by atoms with Crippen molar-refractivity contribution in [2.75, 3.05) is 13.2 Å². The molecule has 0 radical (unpaired) electrons. The summed E-state index contributed by atoms with van der Waals surface area (Å²) >= 11 is 0. The fraction of sp³-hybridized carbons (Fsp3) is 0.143. The molecule has 0 bridgehead atoms. The van der Waals surface area contributed by atoms with Crippen molar-refractivity contribution < 1.29 is 13.9 Å². The lowest BCUT2D eigenvalue weighted by atomic mass is 10.1. The van der Waals surface area contributed by atoms with E-state index < -0.39 is 5.63 Å².